The summed E-state index contributed by atoms with van der Waals surface area (Å²) in [5, 5.41) is 5.39. The van der Waals surface area contributed by atoms with Crippen LogP contribution in [-0.2, 0) is 11.3 Å². The molecule has 1 aromatic rings. The minimum atomic E-state index is 0.785. The second-order valence-electron chi connectivity index (χ2n) is 3.55. The first kappa shape index (κ1) is 13.5. The highest BCUT2D eigenvalue weighted by molar-refractivity contribution is 7.10. The highest BCUT2D eigenvalue weighted by atomic mass is 32.1. The first-order valence-electron chi connectivity index (χ1n) is 5.77. The first-order valence-corrected chi connectivity index (χ1v) is 6.65. The zero-order chi connectivity index (χ0) is 11.6. The predicted molar refractivity (Wildman–Crippen MR) is 68.3 cm³/mol. The molecule has 0 aliphatic heterocycles. The van der Waals surface area contributed by atoms with E-state index in [1.807, 2.05) is 11.4 Å². The van der Waals surface area contributed by atoms with Crippen LogP contribution in [0.4, 0.5) is 0 Å². The Labute approximate surface area is 102 Å². The summed E-state index contributed by atoms with van der Waals surface area (Å²) >= 11 is 1.72. The van der Waals surface area contributed by atoms with Crippen LogP contribution < -0.4 is 10.1 Å². The molecule has 0 saturated heterocycles. The number of unbranched alkanes of at least 4 members (excludes halogenated alkanes) is 1. The van der Waals surface area contributed by atoms with Gasteiger partial charge in [-0.1, -0.05) is 13.3 Å². The lowest BCUT2D eigenvalue weighted by atomic mass is 10.4. The molecule has 0 aliphatic carbocycles. The minimum absolute atomic E-state index is 0.785. The zero-order valence-electron chi connectivity index (χ0n) is 10.1. The molecule has 0 atom stereocenters. The molecule has 1 N–H and O–H groups in total. The smallest absolute Gasteiger partial charge is 0.134 e. The Bertz CT molecular complexity index is 276. The van der Waals surface area contributed by atoms with Crippen LogP contribution in [0.3, 0.4) is 0 Å². The van der Waals surface area contributed by atoms with Crippen LogP contribution in [0, 0.1) is 0 Å². The van der Waals surface area contributed by atoms with Crippen LogP contribution in [0.1, 0.15) is 24.6 Å². The molecule has 3 nitrogen and oxygen atoms in total. The van der Waals surface area contributed by atoms with Crippen LogP contribution >= 0.6 is 11.3 Å². The molecule has 16 heavy (non-hydrogen) atoms. The fourth-order valence-corrected chi connectivity index (χ4v) is 2.14. The van der Waals surface area contributed by atoms with E-state index >= 15 is 0 Å². The Kier molecular flexibility index (Phi) is 7.21. The average molecular weight is 243 g/mol. The van der Waals surface area contributed by atoms with E-state index in [1.165, 1.54) is 11.3 Å². The van der Waals surface area contributed by atoms with E-state index in [-0.39, 0.29) is 0 Å². The van der Waals surface area contributed by atoms with Crippen LogP contribution in [-0.4, -0.2) is 26.9 Å². The Morgan fingerprint density at radius 3 is 3.00 bits per heavy atom. The fourth-order valence-electron chi connectivity index (χ4n) is 1.33. The van der Waals surface area contributed by atoms with E-state index in [4.69, 9.17) is 9.47 Å². The highest BCUT2D eigenvalue weighted by Gasteiger charge is 2.02. The van der Waals surface area contributed by atoms with Gasteiger partial charge < -0.3 is 14.8 Å². The fraction of sp³-hybridized carbons (Fsp3) is 0.667. The van der Waals surface area contributed by atoms with Gasteiger partial charge >= 0.3 is 0 Å². The number of hydrogen-bond donors (Lipinski definition) is 1. The average Bonchev–Trinajstić information content (AvgIpc) is 2.75. The third-order valence-electron chi connectivity index (χ3n) is 2.28. The zero-order valence-corrected chi connectivity index (χ0v) is 10.9. The Balaban J connectivity index is 2.03. The lowest BCUT2D eigenvalue weighted by Crippen LogP contribution is -2.19. The standard InChI is InChI=1S/C12H21NO2S/c1-3-4-7-15-8-6-13-10-12-11(14-2)5-9-16-12/h5,9,13H,3-4,6-8,10H2,1-2H3. The molecule has 1 heterocycles. The van der Waals surface area contributed by atoms with Crippen molar-refractivity contribution < 1.29 is 9.47 Å². The van der Waals surface area contributed by atoms with E-state index in [2.05, 4.69) is 12.2 Å². The van der Waals surface area contributed by atoms with Crippen LogP contribution in [0.15, 0.2) is 11.4 Å². The largest absolute Gasteiger partial charge is 0.496 e. The molecule has 0 unspecified atom stereocenters. The van der Waals surface area contributed by atoms with Gasteiger partial charge in [-0.05, 0) is 17.9 Å². The van der Waals surface area contributed by atoms with E-state index < -0.39 is 0 Å². The summed E-state index contributed by atoms with van der Waals surface area (Å²) < 4.78 is 10.7. The maximum absolute atomic E-state index is 5.46. The lowest BCUT2D eigenvalue weighted by molar-refractivity contribution is 0.133. The van der Waals surface area contributed by atoms with E-state index in [0.29, 0.717) is 0 Å². The Morgan fingerprint density at radius 1 is 1.38 bits per heavy atom. The van der Waals surface area contributed by atoms with Crippen molar-refractivity contribution in [2.24, 2.45) is 0 Å². The summed E-state index contributed by atoms with van der Waals surface area (Å²) in [6.45, 7) is 5.58. The summed E-state index contributed by atoms with van der Waals surface area (Å²) in [7, 11) is 1.71. The number of thiophene rings is 1. The van der Waals surface area contributed by atoms with Crippen molar-refractivity contribution in [3.63, 3.8) is 0 Å². The molecule has 0 aromatic carbocycles. The Hall–Kier alpha value is -0.580. The van der Waals surface area contributed by atoms with Gasteiger partial charge in [-0.15, -0.1) is 11.3 Å². The predicted octanol–water partition coefficient (Wildman–Crippen LogP) is 2.66. The molecule has 1 aromatic heterocycles. The van der Waals surface area contributed by atoms with Gasteiger partial charge in [0, 0.05) is 19.7 Å². The molecule has 0 bridgehead atoms. The second kappa shape index (κ2) is 8.56. The summed E-state index contributed by atoms with van der Waals surface area (Å²) in [5.74, 6) is 0.976. The van der Waals surface area contributed by atoms with Gasteiger partial charge in [0.2, 0.25) is 0 Å². The van der Waals surface area contributed by atoms with Gasteiger partial charge in [0.25, 0.3) is 0 Å². The van der Waals surface area contributed by atoms with Crippen LogP contribution in [0.2, 0.25) is 0 Å². The van der Waals surface area contributed by atoms with Crippen molar-refractivity contribution in [2.75, 3.05) is 26.9 Å². The van der Waals surface area contributed by atoms with Crippen molar-refractivity contribution in [3.05, 3.63) is 16.3 Å². The number of rotatable bonds is 9. The summed E-state index contributed by atoms with van der Waals surface area (Å²) in [6.07, 6.45) is 2.35. The number of hydrogen-bond acceptors (Lipinski definition) is 4. The lowest BCUT2D eigenvalue weighted by Gasteiger charge is -2.06. The van der Waals surface area contributed by atoms with Crippen molar-refractivity contribution in [1.82, 2.24) is 5.32 Å². The Morgan fingerprint density at radius 2 is 2.25 bits per heavy atom. The van der Waals surface area contributed by atoms with Gasteiger partial charge in [0.15, 0.2) is 0 Å². The van der Waals surface area contributed by atoms with E-state index in [9.17, 15) is 0 Å². The van der Waals surface area contributed by atoms with Crippen LogP contribution in [0.25, 0.3) is 0 Å². The highest BCUT2D eigenvalue weighted by Crippen LogP contribution is 2.23. The third kappa shape index (κ3) is 4.96. The number of ether oxygens (including phenoxy) is 2. The van der Waals surface area contributed by atoms with Crippen molar-refractivity contribution in [2.45, 2.75) is 26.3 Å². The second-order valence-corrected chi connectivity index (χ2v) is 4.56. The summed E-state index contributed by atoms with van der Waals surface area (Å²) in [5.41, 5.74) is 0. The normalized spacial score (nSPS) is 10.6. The molecule has 1 rings (SSSR count). The molecule has 0 radical (unpaired) electrons. The molecule has 0 aliphatic rings. The molecule has 0 fully saturated rings. The van der Waals surface area contributed by atoms with Gasteiger partial charge in [-0.3, -0.25) is 0 Å². The van der Waals surface area contributed by atoms with E-state index in [0.717, 1.165) is 38.5 Å². The van der Waals surface area contributed by atoms with Gasteiger partial charge in [0.1, 0.15) is 5.75 Å². The van der Waals surface area contributed by atoms with Gasteiger partial charge in [0.05, 0.1) is 18.6 Å². The third-order valence-corrected chi connectivity index (χ3v) is 3.18. The molecule has 92 valence electrons. The van der Waals surface area contributed by atoms with Crippen molar-refractivity contribution in [1.29, 1.82) is 0 Å². The number of nitrogens with one attached hydrogen (secondary N) is 1. The molecular weight excluding hydrogens is 222 g/mol. The van der Waals surface area contributed by atoms with Gasteiger partial charge in [-0.25, -0.2) is 0 Å². The van der Waals surface area contributed by atoms with Crippen molar-refractivity contribution in [3.8, 4) is 5.75 Å². The monoisotopic (exact) mass is 243 g/mol. The maximum atomic E-state index is 5.46. The molecule has 0 saturated carbocycles. The molecule has 0 amide bonds. The van der Waals surface area contributed by atoms with Crippen molar-refractivity contribution >= 4 is 11.3 Å². The summed E-state index contributed by atoms with van der Waals surface area (Å²) in [4.78, 5) is 1.25. The SMILES string of the molecule is CCCCOCCNCc1sccc1OC. The number of methoxy groups -OCH3 is 1. The van der Waals surface area contributed by atoms with Crippen LogP contribution in [0.5, 0.6) is 5.75 Å². The quantitative estimate of drug-likeness (QED) is 0.676. The molecule has 0 spiro atoms. The summed E-state index contributed by atoms with van der Waals surface area (Å²) in [6, 6.07) is 2.00. The first-order chi connectivity index (χ1) is 7.88. The topological polar surface area (TPSA) is 30.5 Å². The molecular formula is C12H21NO2S. The van der Waals surface area contributed by atoms with Gasteiger partial charge in [-0.2, -0.15) is 0 Å². The van der Waals surface area contributed by atoms with E-state index in [1.54, 1.807) is 18.4 Å². The molecule has 4 heteroatoms. The minimum Gasteiger partial charge on any atom is -0.496 e. The maximum Gasteiger partial charge on any atom is 0.134 e.